The molecule has 0 aliphatic carbocycles. The number of rotatable bonds is 6. The number of urea groups is 1. The van der Waals surface area contributed by atoms with Gasteiger partial charge in [-0.25, -0.2) is 14.5 Å². The molecule has 1 aromatic heterocycles. The zero-order valence-electron chi connectivity index (χ0n) is 12.8. The number of thioether (sulfide) groups is 1. The van der Waals surface area contributed by atoms with Crippen molar-refractivity contribution in [3.63, 3.8) is 0 Å². The summed E-state index contributed by atoms with van der Waals surface area (Å²) in [5.74, 6) is 5.52. The number of amides is 3. The van der Waals surface area contributed by atoms with Gasteiger partial charge in [0.1, 0.15) is 0 Å². The van der Waals surface area contributed by atoms with E-state index in [1.165, 1.54) is 16.4 Å². The van der Waals surface area contributed by atoms with E-state index in [2.05, 4.69) is 15.6 Å². The second kappa shape index (κ2) is 8.23. The summed E-state index contributed by atoms with van der Waals surface area (Å²) in [6, 6.07) is 9.13. The number of benzene rings is 1. The molecular formula is C15H19N5O2S. The van der Waals surface area contributed by atoms with Gasteiger partial charge in [-0.05, 0) is 6.42 Å². The van der Waals surface area contributed by atoms with E-state index >= 15 is 0 Å². The zero-order valence-corrected chi connectivity index (χ0v) is 13.6. The largest absolute Gasteiger partial charge is 0.338 e. The van der Waals surface area contributed by atoms with Gasteiger partial charge in [-0.15, -0.1) is 0 Å². The van der Waals surface area contributed by atoms with Gasteiger partial charge in [0, 0.05) is 12.1 Å². The van der Waals surface area contributed by atoms with E-state index in [0.717, 1.165) is 17.7 Å². The fraction of sp³-hybridized carbons (Fsp3) is 0.267. The number of hydrogen-bond acceptors (Lipinski definition) is 5. The van der Waals surface area contributed by atoms with Gasteiger partial charge in [0.15, 0.2) is 5.16 Å². The van der Waals surface area contributed by atoms with Gasteiger partial charge >= 0.3 is 6.03 Å². The third-order valence-electron chi connectivity index (χ3n) is 2.89. The van der Waals surface area contributed by atoms with Crippen LogP contribution in [0.15, 0.2) is 41.7 Å². The average Bonchev–Trinajstić information content (AvgIpc) is 2.93. The molecule has 4 N–H and O–H groups in total. The van der Waals surface area contributed by atoms with Gasteiger partial charge < -0.3 is 11.2 Å². The van der Waals surface area contributed by atoms with E-state index in [-0.39, 0.29) is 5.75 Å². The molecular weight excluding hydrogens is 314 g/mol. The van der Waals surface area contributed by atoms with Crippen LogP contribution in [-0.4, -0.2) is 33.9 Å². The Morgan fingerprint density at radius 1 is 1.30 bits per heavy atom. The quantitative estimate of drug-likeness (QED) is 0.550. The van der Waals surface area contributed by atoms with Crippen LogP contribution < -0.4 is 16.5 Å². The van der Waals surface area contributed by atoms with Crippen molar-refractivity contribution < 1.29 is 9.59 Å². The SMILES string of the molecule is CCCNC(=O)NC(=O)CSc1nc(-c2ccccc2)cn1N. The Morgan fingerprint density at radius 3 is 2.74 bits per heavy atom. The number of nitrogens with zero attached hydrogens (tertiary/aromatic N) is 2. The molecule has 0 aliphatic rings. The van der Waals surface area contributed by atoms with Gasteiger partial charge in [0.2, 0.25) is 5.91 Å². The Bertz CT molecular complexity index is 672. The highest BCUT2D eigenvalue weighted by Gasteiger charge is 2.12. The van der Waals surface area contributed by atoms with Crippen LogP contribution in [0.5, 0.6) is 0 Å². The van der Waals surface area contributed by atoms with Gasteiger partial charge in [-0.2, -0.15) is 0 Å². The summed E-state index contributed by atoms with van der Waals surface area (Å²) in [5.41, 5.74) is 1.68. The standard InChI is InChI=1S/C15H19N5O2S/c1-2-8-17-14(22)19-13(21)10-23-15-18-12(9-20(15)16)11-6-4-3-5-7-11/h3-7,9H,2,8,10,16H2,1H3,(H2,17,19,21,22). The summed E-state index contributed by atoms with van der Waals surface area (Å²) in [7, 11) is 0. The molecule has 0 fully saturated rings. The van der Waals surface area contributed by atoms with Crippen LogP contribution in [0.4, 0.5) is 4.79 Å². The smallest absolute Gasteiger partial charge is 0.321 e. The summed E-state index contributed by atoms with van der Waals surface area (Å²) in [5, 5.41) is 5.34. The lowest BCUT2D eigenvalue weighted by Gasteiger charge is -2.05. The number of imidazole rings is 1. The second-order valence-corrected chi connectivity index (χ2v) is 5.72. The van der Waals surface area contributed by atoms with E-state index in [9.17, 15) is 9.59 Å². The first-order chi connectivity index (χ1) is 11.1. The molecule has 1 aromatic carbocycles. The number of carbonyl (C=O) groups is 2. The number of aromatic nitrogens is 2. The first-order valence-corrected chi connectivity index (χ1v) is 8.19. The minimum absolute atomic E-state index is 0.0575. The molecule has 122 valence electrons. The predicted octanol–water partition coefficient (Wildman–Crippen LogP) is 1.59. The molecule has 0 unspecified atom stereocenters. The molecule has 2 aromatic rings. The molecule has 8 heteroatoms. The lowest BCUT2D eigenvalue weighted by atomic mass is 10.2. The third kappa shape index (κ3) is 5.03. The number of nitrogen functional groups attached to an aromatic ring is 1. The highest BCUT2D eigenvalue weighted by molar-refractivity contribution is 7.99. The zero-order chi connectivity index (χ0) is 16.7. The lowest BCUT2D eigenvalue weighted by molar-refractivity contribution is -0.117. The summed E-state index contributed by atoms with van der Waals surface area (Å²) in [4.78, 5) is 27.5. The van der Waals surface area contributed by atoms with Crippen molar-refractivity contribution in [3.8, 4) is 11.3 Å². The normalized spacial score (nSPS) is 10.3. The molecule has 1 heterocycles. The van der Waals surface area contributed by atoms with Crippen molar-refractivity contribution in [2.75, 3.05) is 18.1 Å². The Hall–Kier alpha value is -2.48. The minimum Gasteiger partial charge on any atom is -0.338 e. The topological polar surface area (TPSA) is 102 Å². The highest BCUT2D eigenvalue weighted by atomic mass is 32.2. The van der Waals surface area contributed by atoms with Crippen molar-refractivity contribution in [3.05, 3.63) is 36.5 Å². The van der Waals surface area contributed by atoms with Gasteiger partial charge in [0.25, 0.3) is 0 Å². The van der Waals surface area contributed by atoms with Gasteiger partial charge in [-0.3, -0.25) is 10.1 Å². The Kier molecular flexibility index (Phi) is 6.04. The predicted molar refractivity (Wildman–Crippen MR) is 90.4 cm³/mol. The number of carbonyl (C=O) groups excluding carboxylic acids is 2. The van der Waals surface area contributed by atoms with Crippen molar-refractivity contribution in [2.24, 2.45) is 0 Å². The molecule has 0 bridgehead atoms. The summed E-state index contributed by atoms with van der Waals surface area (Å²) in [6.45, 7) is 2.46. The molecule has 0 aliphatic heterocycles. The number of imide groups is 1. The molecule has 7 nitrogen and oxygen atoms in total. The molecule has 0 spiro atoms. The number of nitrogens with two attached hydrogens (primary N) is 1. The first-order valence-electron chi connectivity index (χ1n) is 7.20. The average molecular weight is 333 g/mol. The Balaban J connectivity index is 1.90. The van der Waals surface area contributed by atoms with Crippen LogP contribution in [0, 0.1) is 0 Å². The molecule has 23 heavy (non-hydrogen) atoms. The van der Waals surface area contributed by atoms with Crippen molar-refractivity contribution in [1.82, 2.24) is 20.3 Å². The van der Waals surface area contributed by atoms with Crippen LogP contribution in [0.2, 0.25) is 0 Å². The summed E-state index contributed by atoms with van der Waals surface area (Å²) >= 11 is 1.17. The van der Waals surface area contributed by atoms with Crippen LogP contribution in [-0.2, 0) is 4.79 Å². The van der Waals surface area contributed by atoms with Gasteiger partial charge in [-0.1, -0.05) is 49.0 Å². The third-order valence-corrected chi connectivity index (χ3v) is 3.86. The number of hydrogen-bond donors (Lipinski definition) is 3. The summed E-state index contributed by atoms with van der Waals surface area (Å²) in [6.07, 6.45) is 2.51. The number of nitrogens with one attached hydrogen (secondary N) is 2. The molecule has 0 radical (unpaired) electrons. The van der Waals surface area contributed by atoms with Crippen molar-refractivity contribution in [2.45, 2.75) is 18.5 Å². The van der Waals surface area contributed by atoms with Crippen LogP contribution in [0.3, 0.4) is 0 Å². The molecule has 3 amide bonds. The highest BCUT2D eigenvalue weighted by Crippen LogP contribution is 2.22. The van der Waals surface area contributed by atoms with E-state index in [0.29, 0.717) is 11.7 Å². The van der Waals surface area contributed by atoms with Gasteiger partial charge in [0.05, 0.1) is 17.6 Å². The second-order valence-electron chi connectivity index (χ2n) is 4.77. The molecule has 0 atom stereocenters. The first kappa shape index (κ1) is 16.9. The van der Waals surface area contributed by atoms with Crippen LogP contribution >= 0.6 is 11.8 Å². The maximum Gasteiger partial charge on any atom is 0.321 e. The Labute approximate surface area is 138 Å². The van der Waals surface area contributed by atoms with E-state index in [1.54, 1.807) is 6.20 Å². The van der Waals surface area contributed by atoms with E-state index < -0.39 is 11.9 Å². The Morgan fingerprint density at radius 2 is 2.04 bits per heavy atom. The molecule has 0 saturated heterocycles. The maximum absolute atomic E-state index is 11.7. The molecule has 0 saturated carbocycles. The van der Waals surface area contributed by atoms with Crippen LogP contribution in [0.25, 0.3) is 11.3 Å². The van der Waals surface area contributed by atoms with E-state index in [4.69, 9.17) is 5.84 Å². The monoisotopic (exact) mass is 333 g/mol. The maximum atomic E-state index is 11.7. The minimum atomic E-state index is -0.487. The fourth-order valence-corrected chi connectivity index (χ4v) is 2.50. The van der Waals surface area contributed by atoms with Crippen LogP contribution in [0.1, 0.15) is 13.3 Å². The fourth-order valence-electron chi connectivity index (χ4n) is 1.81. The van der Waals surface area contributed by atoms with E-state index in [1.807, 2.05) is 37.3 Å². The van der Waals surface area contributed by atoms with Crippen molar-refractivity contribution in [1.29, 1.82) is 0 Å². The summed E-state index contributed by atoms with van der Waals surface area (Å²) < 4.78 is 1.37. The lowest BCUT2D eigenvalue weighted by Crippen LogP contribution is -2.40. The molecule has 2 rings (SSSR count). The van der Waals surface area contributed by atoms with Crippen molar-refractivity contribution >= 4 is 23.7 Å².